The number of anilines is 1. The topological polar surface area (TPSA) is 39.1 Å². The minimum Gasteiger partial charge on any atom is -0.372 e. The van der Waals surface area contributed by atoms with E-state index < -0.39 is 5.54 Å². The van der Waals surface area contributed by atoms with E-state index >= 15 is 0 Å². The van der Waals surface area contributed by atoms with Crippen LogP contribution in [0.4, 0.5) is 5.69 Å². The Morgan fingerprint density at radius 3 is 2.61 bits per heavy atom. The summed E-state index contributed by atoms with van der Waals surface area (Å²) in [5.74, 6) is 0. The maximum atomic E-state index is 9.35. The number of likely N-dealkylation sites (N-methyl/N-ethyl adjacent to an activating group) is 1. The highest BCUT2D eigenvalue weighted by Gasteiger charge is 2.26. The van der Waals surface area contributed by atoms with Crippen LogP contribution >= 0.6 is 0 Å². The van der Waals surface area contributed by atoms with Crippen LogP contribution in [-0.2, 0) is 0 Å². The van der Waals surface area contributed by atoms with Crippen molar-refractivity contribution in [1.82, 2.24) is 5.32 Å². The van der Waals surface area contributed by atoms with Crippen molar-refractivity contribution in [2.24, 2.45) is 0 Å². The zero-order valence-corrected chi connectivity index (χ0v) is 12.0. The predicted molar refractivity (Wildman–Crippen MR) is 76.7 cm³/mol. The summed E-state index contributed by atoms with van der Waals surface area (Å²) in [7, 11) is 2.02. The SMILES string of the molecule is Cc1cccc(N(C)CC(C)(C#N)NC(C)C)c1. The smallest absolute Gasteiger partial charge is 0.121 e. The highest BCUT2D eigenvalue weighted by atomic mass is 15.2. The Hall–Kier alpha value is -1.53. The van der Waals surface area contributed by atoms with Crippen LogP contribution in [0.25, 0.3) is 0 Å². The molecule has 0 fully saturated rings. The van der Waals surface area contributed by atoms with E-state index in [0.29, 0.717) is 12.6 Å². The average molecular weight is 245 g/mol. The quantitative estimate of drug-likeness (QED) is 0.867. The number of rotatable bonds is 5. The normalized spacial score (nSPS) is 14.1. The van der Waals surface area contributed by atoms with Crippen LogP contribution in [-0.4, -0.2) is 25.2 Å². The fourth-order valence-electron chi connectivity index (χ4n) is 2.18. The van der Waals surface area contributed by atoms with Gasteiger partial charge in [-0.1, -0.05) is 12.1 Å². The molecule has 1 rings (SSSR count). The highest BCUT2D eigenvalue weighted by molar-refractivity contribution is 5.48. The van der Waals surface area contributed by atoms with E-state index in [1.54, 1.807) is 0 Å². The molecule has 1 aromatic carbocycles. The molecule has 98 valence electrons. The van der Waals surface area contributed by atoms with Crippen molar-refractivity contribution in [1.29, 1.82) is 5.26 Å². The Bertz CT molecular complexity index is 434. The van der Waals surface area contributed by atoms with Gasteiger partial charge in [0, 0.05) is 25.3 Å². The fraction of sp³-hybridized carbons (Fsp3) is 0.533. The van der Waals surface area contributed by atoms with Crippen molar-refractivity contribution in [2.45, 2.75) is 39.3 Å². The minimum atomic E-state index is -0.535. The van der Waals surface area contributed by atoms with Gasteiger partial charge < -0.3 is 4.90 Å². The molecule has 1 N–H and O–H groups in total. The predicted octanol–water partition coefficient (Wildman–Crippen LogP) is 2.71. The summed E-state index contributed by atoms with van der Waals surface area (Å²) in [6.45, 7) is 8.79. The summed E-state index contributed by atoms with van der Waals surface area (Å²) in [4.78, 5) is 2.12. The van der Waals surface area contributed by atoms with Crippen LogP contribution in [0.2, 0.25) is 0 Å². The van der Waals surface area contributed by atoms with Gasteiger partial charge in [-0.3, -0.25) is 5.32 Å². The van der Waals surface area contributed by atoms with Gasteiger partial charge in [0.15, 0.2) is 0 Å². The summed E-state index contributed by atoms with van der Waals surface area (Å²) >= 11 is 0. The average Bonchev–Trinajstić information content (AvgIpc) is 2.27. The zero-order chi connectivity index (χ0) is 13.8. The lowest BCUT2D eigenvalue weighted by Crippen LogP contribution is -2.52. The largest absolute Gasteiger partial charge is 0.372 e. The number of nitrogens with one attached hydrogen (secondary N) is 1. The Balaban J connectivity index is 2.80. The van der Waals surface area contributed by atoms with E-state index in [1.165, 1.54) is 5.56 Å². The van der Waals surface area contributed by atoms with Crippen LogP contribution in [0, 0.1) is 18.3 Å². The molecule has 1 aromatic rings. The molecule has 0 saturated heterocycles. The molecule has 1 unspecified atom stereocenters. The summed E-state index contributed by atoms with van der Waals surface area (Å²) in [5.41, 5.74) is 1.84. The molecular formula is C15H23N3. The third-order valence-corrected chi connectivity index (χ3v) is 2.85. The van der Waals surface area contributed by atoms with Gasteiger partial charge in [-0.05, 0) is 45.4 Å². The number of aryl methyl sites for hydroxylation is 1. The van der Waals surface area contributed by atoms with E-state index in [4.69, 9.17) is 0 Å². The maximum absolute atomic E-state index is 9.35. The van der Waals surface area contributed by atoms with Crippen LogP contribution in [0.15, 0.2) is 24.3 Å². The van der Waals surface area contributed by atoms with Crippen molar-refractivity contribution in [3.63, 3.8) is 0 Å². The number of hydrogen-bond acceptors (Lipinski definition) is 3. The molecule has 1 atom stereocenters. The monoisotopic (exact) mass is 245 g/mol. The molecule has 0 aliphatic heterocycles. The second-order valence-corrected chi connectivity index (χ2v) is 5.44. The Morgan fingerprint density at radius 1 is 1.44 bits per heavy atom. The molecule has 0 aliphatic carbocycles. The number of hydrogen-bond donors (Lipinski definition) is 1. The highest BCUT2D eigenvalue weighted by Crippen LogP contribution is 2.17. The molecule has 0 heterocycles. The molecule has 18 heavy (non-hydrogen) atoms. The van der Waals surface area contributed by atoms with Gasteiger partial charge in [-0.25, -0.2) is 0 Å². The molecule has 3 nitrogen and oxygen atoms in total. The van der Waals surface area contributed by atoms with Gasteiger partial charge in [0.1, 0.15) is 5.54 Å². The molecule has 0 spiro atoms. The molecular weight excluding hydrogens is 222 g/mol. The van der Waals surface area contributed by atoms with Gasteiger partial charge in [-0.15, -0.1) is 0 Å². The summed E-state index contributed by atoms with van der Waals surface area (Å²) in [6, 6.07) is 11.0. The van der Waals surface area contributed by atoms with Crippen molar-refractivity contribution >= 4 is 5.69 Å². The van der Waals surface area contributed by atoms with Crippen molar-refractivity contribution < 1.29 is 0 Å². The lowest BCUT2D eigenvalue weighted by atomic mass is 10.0. The van der Waals surface area contributed by atoms with Gasteiger partial charge in [0.2, 0.25) is 0 Å². The first-order valence-electron chi connectivity index (χ1n) is 6.33. The van der Waals surface area contributed by atoms with Gasteiger partial charge in [0.05, 0.1) is 6.07 Å². The molecule has 0 aromatic heterocycles. The first-order valence-corrected chi connectivity index (χ1v) is 6.33. The third-order valence-electron chi connectivity index (χ3n) is 2.85. The second kappa shape index (κ2) is 5.88. The standard InChI is InChI=1S/C15H23N3/c1-12(2)17-15(4,10-16)11-18(5)14-8-6-7-13(3)9-14/h6-9,12,17H,11H2,1-5H3. The van der Waals surface area contributed by atoms with Crippen LogP contribution in [0.1, 0.15) is 26.3 Å². The number of nitriles is 1. The second-order valence-electron chi connectivity index (χ2n) is 5.44. The fourth-order valence-corrected chi connectivity index (χ4v) is 2.18. The lowest BCUT2D eigenvalue weighted by Gasteiger charge is -2.32. The summed E-state index contributed by atoms with van der Waals surface area (Å²) in [5, 5.41) is 12.7. The number of benzene rings is 1. The third kappa shape index (κ3) is 4.05. The Labute approximate surface area is 110 Å². The van der Waals surface area contributed by atoms with Crippen molar-refractivity contribution in [3.05, 3.63) is 29.8 Å². The van der Waals surface area contributed by atoms with E-state index in [0.717, 1.165) is 5.69 Å². The van der Waals surface area contributed by atoms with Crippen LogP contribution < -0.4 is 10.2 Å². The van der Waals surface area contributed by atoms with E-state index in [9.17, 15) is 5.26 Å². The summed E-state index contributed by atoms with van der Waals surface area (Å²) < 4.78 is 0. The van der Waals surface area contributed by atoms with E-state index in [1.807, 2.05) is 20.0 Å². The van der Waals surface area contributed by atoms with Crippen molar-refractivity contribution in [2.75, 3.05) is 18.5 Å². The van der Waals surface area contributed by atoms with E-state index in [-0.39, 0.29) is 0 Å². The van der Waals surface area contributed by atoms with Gasteiger partial charge in [-0.2, -0.15) is 5.26 Å². The molecule has 0 aliphatic rings. The maximum Gasteiger partial charge on any atom is 0.121 e. The van der Waals surface area contributed by atoms with Gasteiger partial charge >= 0.3 is 0 Å². The Morgan fingerprint density at radius 2 is 2.11 bits per heavy atom. The molecule has 0 bridgehead atoms. The minimum absolute atomic E-state index is 0.292. The zero-order valence-electron chi connectivity index (χ0n) is 12.0. The van der Waals surface area contributed by atoms with Crippen LogP contribution in [0.5, 0.6) is 0 Å². The van der Waals surface area contributed by atoms with Crippen molar-refractivity contribution in [3.8, 4) is 6.07 Å². The number of nitrogens with zero attached hydrogens (tertiary/aromatic N) is 2. The lowest BCUT2D eigenvalue weighted by molar-refractivity contribution is 0.408. The molecule has 0 saturated carbocycles. The Kier molecular flexibility index (Phi) is 4.75. The first kappa shape index (κ1) is 14.5. The van der Waals surface area contributed by atoms with Crippen LogP contribution in [0.3, 0.4) is 0 Å². The first-order chi connectivity index (χ1) is 8.36. The molecule has 0 radical (unpaired) electrons. The summed E-state index contributed by atoms with van der Waals surface area (Å²) in [6.07, 6.45) is 0. The van der Waals surface area contributed by atoms with E-state index in [2.05, 4.69) is 55.3 Å². The van der Waals surface area contributed by atoms with Gasteiger partial charge in [0.25, 0.3) is 0 Å². The molecule has 0 amide bonds. The molecule has 3 heteroatoms.